The zero-order valence-electron chi connectivity index (χ0n) is 12.0. The van der Waals surface area contributed by atoms with Crippen LogP contribution in [-0.4, -0.2) is 0 Å². The van der Waals surface area contributed by atoms with Gasteiger partial charge in [-0.05, 0) is 54.1 Å². The van der Waals surface area contributed by atoms with Crippen LogP contribution in [0.1, 0.15) is 5.56 Å². The zero-order valence-corrected chi connectivity index (χ0v) is 12.8. The van der Waals surface area contributed by atoms with Gasteiger partial charge in [-0.3, -0.25) is 0 Å². The summed E-state index contributed by atoms with van der Waals surface area (Å²) in [6.45, 7) is 0.736. The van der Waals surface area contributed by atoms with Gasteiger partial charge in [-0.2, -0.15) is 0 Å². The van der Waals surface area contributed by atoms with Gasteiger partial charge in [0.05, 0.1) is 0 Å². The topological polar surface area (TPSA) is 21.3 Å². The largest absolute Gasteiger partial charge is 0.457 e. The van der Waals surface area contributed by atoms with E-state index in [4.69, 9.17) is 16.3 Å². The van der Waals surface area contributed by atoms with Crippen LogP contribution in [0.4, 0.5) is 5.69 Å². The van der Waals surface area contributed by atoms with E-state index in [-0.39, 0.29) is 0 Å². The number of anilines is 1. The number of para-hydroxylation sites is 1. The molecule has 0 aliphatic heterocycles. The second kappa shape index (κ2) is 7.01. The molecule has 0 aromatic heterocycles. The minimum Gasteiger partial charge on any atom is -0.457 e. The van der Waals surface area contributed by atoms with Gasteiger partial charge in [0, 0.05) is 17.3 Å². The quantitative estimate of drug-likeness (QED) is 0.648. The smallest absolute Gasteiger partial charge is 0.127 e. The number of hydrogen-bond donors (Lipinski definition) is 1. The second-order valence-corrected chi connectivity index (χ2v) is 5.36. The van der Waals surface area contributed by atoms with Crippen LogP contribution in [0.2, 0.25) is 5.02 Å². The summed E-state index contributed by atoms with van der Waals surface area (Å²) < 4.78 is 5.77. The van der Waals surface area contributed by atoms with Gasteiger partial charge in [-0.15, -0.1) is 0 Å². The highest BCUT2D eigenvalue weighted by atomic mass is 35.5. The molecule has 0 atom stereocenters. The molecule has 0 spiro atoms. The van der Waals surface area contributed by atoms with Crippen LogP contribution in [0.5, 0.6) is 11.5 Å². The average molecular weight is 310 g/mol. The van der Waals surface area contributed by atoms with Gasteiger partial charge in [0.1, 0.15) is 11.5 Å². The van der Waals surface area contributed by atoms with Crippen LogP contribution in [0.25, 0.3) is 0 Å². The lowest BCUT2D eigenvalue weighted by Crippen LogP contribution is -1.98. The molecule has 0 amide bonds. The van der Waals surface area contributed by atoms with Crippen molar-refractivity contribution in [1.82, 2.24) is 0 Å². The van der Waals surface area contributed by atoms with Crippen LogP contribution in [0, 0.1) is 0 Å². The zero-order chi connectivity index (χ0) is 15.2. The first-order chi connectivity index (χ1) is 10.8. The number of nitrogens with one attached hydrogen (secondary N) is 1. The number of benzene rings is 3. The first-order valence-corrected chi connectivity index (χ1v) is 7.49. The van der Waals surface area contributed by atoms with E-state index in [1.165, 1.54) is 0 Å². The summed E-state index contributed by atoms with van der Waals surface area (Å²) in [6, 6.07) is 25.5. The van der Waals surface area contributed by atoms with E-state index >= 15 is 0 Å². The molecule has 0 saturated carbocycles. The second-order valence-electron chi connectivity index (χ2n) is 4.92. The molecular formula is C19H16ClNO. The molecule has 0 bridgehead atoms. The molecule has 22 heavy (non-hydrogen) atoms. The highest BCUT2D eigenvalue weighted by molar-refractivity contribution is 6.30. The molecule has 0 saturated heterocycles. The monoisotopic (exact) mass is 309 g/mol. The first-order valence-electron chi connectivity index (χ1n) is 7.11. The third-order valence-electron chi connectivity index (χ3n) is 3.22. The van der Waals surface area contributed by atoms with Gasteiger partial charge in [0.15, 0.2) is 0 Å². The molecule has 0 aliphatic carbocycles. The Balaban J connectivity index is 1.60. The lowest BCUT2D eigenvalue weighted by Gasteiger charge is -2.09. The van der Waals surface area contributed by atoms with Crippen molar-refractivity contribution in [3.05, 3.63) is 89.4 Å². The van der Waals surface area contributed by atoms with Gasteiger partial charge in [0.25, 0.3) is 0 Å². The van der Waals surface area contributed by atoms with Crippen molar-refractivity contribution in [2.45, 2.75) is 6.54 Å². The third kappa shape index (κ3) is 4.03. The van der Waals surface area contributed by atoms with Crippen molar-refractivity contribution >= 4 is 17.3 Å². The van der Waals surface area contributed by atoms with E-state index in [1.807, 2.05) is 78.9 Å². The number of halogens is 1. The minimum atomic E-state index is 0.736. The van der Waals surface area contributed by atoms with Gasteiger partial charge in [-0.25, -0.2) is 0 Å². The van der Waals surface area contributed by atoms with E-state index in [1.54, 1.807) is 0 Å². The molecule has 0 unspecified atom stereocenters. The third-order valence-corrected chi connectivity index (χ3v) is 3.45. The average Bonchev–Trinajstić information content (AvgIpc) is 2.55. The molecule has 0 radical (unpaired) electrons. The molecule has 1 N–H and O–H groups in total. The molecular weight excluding hydrogens is 294 g/mol. The summed E-state index contributed by atoms with van der Waals surface area (Å²) in [7, 11) is 0. The van der Waals surface area contributed by atoms with Crippen LogP contribution in [-0.2, 0) is 6.54 Å². The van der Waals surface area contributed by atoms with Crippen LogP contribution < -0.4 is 10.1 Å². The van der Waals surface area contributed by atoms with Crippen molar-refractivity contribution in [2.24, 2.45) is 0 Å². The SMILES string of the molecule is Clc1cccc(CNc2ccc(Oc3ccccc3)cc2)c1. The molecule has 3 heteroatoms. The maximum Gasteiger partial charge on any atom is 0.127 e. The molecule has 3 aromatic rings. The highest BCUT2D eigenvalue weighted by Gasteiger charge is 1.98. The molecule has 110 valence electrons. The number of hydrogen-bond acceptors (Lipinski definition) is 2. The highest BCUT2D eigenvalue weighted by Crippen LogP contribution is 2.23. The Morgan fingerprint density at radius 3 is 2.23 bits per heavy atom. The van der Waals surface area contributed by atoms with Gasteiger partial charge >= 0.3 is 0 Å². The predicted octanol–water partition coefficient (Wildman–Crippen LogP) is 5.74. The Labute approximate surface area is 135 Å². The van der Waals surface area contributed by atoms with Gasteiger partial charge < -0.3 is 10.1 Å². The van der Waals surface area contributed by atoms with E-state index in [2.05, 4.69) is 5.32 Å². The summed E-state index contributed by atoms with van der Waals surface area (Å²) in [6.07, 6.45) is 0. The van der Waals surface area contributed by atoms with Gasteiger partial charge in [0.2, 0.25) is 0 Å². The summed E-state index contributed by atoms with van der Waals surface area (Å²) in [5, 5.41) is 4.12. The summed E-state index contributed by atoms with van der Waals surface area (Å²) in [5.41, 5.74) is 2.19. The fourth-order valence-corrected chi connectivity index (χ4v) is 2.33. The summed E-state index contributed by atoms with van der Waals surface area (Å²) >= 11 is 5.98. The van der Waals surface area contributed by atoms with Crippen LogP contribution in [0.3, 0.4) is 0 Å². The number of ether oxygens (including phenoxy) is 1. The fourth-order valence-electron chi connectivity index (χ4n) is 2.12. The lowest BCUT2D eigenvalue weighted by atomic mass is 10.2. The lowest BCUT2D eigenvalue weighted by molar-refractivity contribution is 0.483. The van der Waals surface area contributed by atoms with E-state index in [0.29, 0.717) is 0 Å². The van der Waals surface area contributed by atoms with E-state index in [0.717, 1.165) is 34.3 Å². The van der Waals surface area contributed by atoms with E-state index < -0.39 is 0 Å². The van der Waals surface area contributed by atoms with Gasteiger partial charge in [-0.1, -0.05) is 41.9 Å². The molecule has 0 aliphatic rings. The molecule has 0 heterocycles. The summed E-state index contributed by atoms with van der Waals surface area (Å²) in [4.78, 5) is 0. The normalized spacial score (nSPS) is 10.2. The Morgan fingerprint density at radius 1 is 0.773 bits per heavy atom. The first kappa shape index (κ1) is 14.5. The van der Waals surface area contributed by atoms with Crippen LogP contribution in [0.15, 0.2) is 78.9 Å². The standard InChI is InChI=1S/C19H16ClNO/c20-16-6-4-5-15(13-16)14-21-17-9-11-19(12-10-17)22-18-7-2-1-3-8-18/h1-13,21H,14H2. The fraction of sp³-hybridized carbons (Fsp3) is 0.0526. The van der Waals surface area contributed by atoms with Crippen molar-refractivity contribution in [1.29, 1.82) is 0 Å². The predicted molar refractivity (Wildman–Crippen MR) is 91.7 cm³/mol. The van der Waals surface area contributed by atoms with Crippen molar-refractivity contribution in [3.63, 3.8) is 0 Å². The Kier molecular flexibility index (Phi) is 4.62. The Bertz CT molecular complexity index is 726. The van der Waals surface area contributed by atoms with Crippen molar-refractivity contribution in [3.8, 4) is 11.5 Å². The maximum atomic E-state index is 5.98. The Hall–Kier alpha value is -2.45. The van der Waals surface area contributed by atoms with Crippen molar-refractivity contribution < 1.29 is 4.74 Å². The summed E-state index contributed by atoms with van der Waals surface area (Å²) in [5.74, 6) is 1.65. The van der Waals surface area contributed by atoms with Crippen molar-refractivity contribution in [2.75, 3.05) is 5.32 Å². The number of rotatable bonds is 5. The molecule has 3 aromatic carbocycles. The minimum absolute atomic E-state index is 0.736. The maximum absolute atomic E-state index is 5.98. The van der Waals surface area contributed by atoms with Crippen LogP contribution >= 0.6 is 11.6 Å². The molecule has 0 fully saturated rings. The van der Waals surface area contributed by atoms with E-state index in [9.17, 15) is 0 Å². The molecule has 3 rings (SSSR count). The molecule has 2 nitrogen and oxygen atoms in total. The Morgan fingerprint density at radius 2 is 1.50 bits per heavy atom.